The van der Waals surface area contributed by atoms with E-state index in [2.05, 4.69) is 26.8 Å². The van der Waals surface area contributed by atoms with Crippen LogP contribution in [0.3, 0.4) is 0 Å². The Morgan fingerprint density at radius 3 is 2.64 bits per heavy atom. The maximum atomic E-state index is 9.73. The zero-order valence-electron chi connectivity index (χ0n) is 15.3. The largest absolute Gasteiger partial charge is 0.497 e. The quantitative estimate of drug-likeness (QED) is 0.792. The van der Waals surface area contributed by atoms with Crippen LogP contribution in [0.1, 0.15) is 41.8 Å². The predicted octanol–water partition coefficient (Wildman–Crippen LogP) is 4.44. The van der Waals surface area contributed by atoms with Crippen LogP contribution in [0.15, 0.2) is 18.2 Å². The fourth-order valence-corrected chi connectivity index (χ4v) is 4.75. The topological polar surface area (TPSA) is 66.8 Å². The molecule has 3 rings (SSSR count). The van der Waals surface area contributed by atoms with E-state index in [0.29, 0.717) is 5.41 Å². The van der Waals surface area contributed by atoms with Crippen LogP contribution in [0, 0.1) is 12.3 Å². The summed E-state index contributed by atoms with van der Waals surface area (Å²) in [6, 6.07) is 6.01. The molecule has 1 aliphatic rings. The number of carboxylic acid groups (broad SMARTS) is 1. The molecular weight excluding hydrogens is 336 g/mol. The van der Waals surface area contributed by atoms with Crippen LogP contribution >= 0.6 is 11.3 Å². The van der Waals surface area contributed by atoms with Crippen LogP contribution in [0.2, 0.25) is 0 Å². The van der Waals surface area contributed by atoms with E-state index in [4.69, 9.17) is 14.6 Å². The van der Waals surface area contributed by atoms with Gasteiger partial charge in [-0.1, -0.05) is 13.8 Å². The average molecular weight is 362 g/mol. The number of hydrogen-bond acceptors (Lipinski definition) is 4. The highest BCUT2D eigenvalue weighted by atomic mass is 32.1. The van der Waals surface area contributed by atoms with E-state index < -0.39 is 0 Å². The predicted molar refractivity (Wildman–Crippen MR) is 101 cm³/mol. The summed E-state index contributed by atoms with van der Waals surface area (Å²) < 4.78 is 5.28. The monoisotopic (exact) mass is 362 g/mol. The lowest BCUT2D eigenvalue weighted by atomic mass is 9.76. The van der Waals surface area contributed by atoms with Gasteiger partial charge in [0.1, 0.15) is 5.75 Å². The van der Waals surface area contributed by atoms with Crippen LogP contribution < -0.4 is 4.74 Å². The highest BCUT2D eigenvalue weighted by Gasteiger charge is 2.29. The van der Waals surface area contributed by atoms with Crippen LogP contribution in [-0.2, 0) is 24.2 Å². The summed E-state index contributed by atoms with van der Waals surface area (Å²) in [6.07, 6.45) is 3.60. The molecule has 0 spiro atoms. The van der Waals surface area contributed by atoms with Crippen molar-refractivity contribution in [1.82, 2.24) is 0 Å². The van der Waals surface area contributed by atoms with Crippen LogP contribution in [0.4, 0.5) is 0 Å². The molecular formula is C20H26O4S. The molecule has 2 N–H and O–H groups in total. The number of carbonyl (C=O) groups is 1. The lowest BCUT2D eigenvalue weighted by Gasteiger charge is -2.29. The van der Waals surface area contributed by atoms with E-state index in [1.807, 2.05) is 23.5 Å². The van der Waals surface area contributed by atoms with Crippen molar-refractivity contribution in [2.75, 3.05) is 7.11 Å². The van der Waals surface area contributed by atoms with Gasteiger partial charge in [-0.15, -0.1) is 11.3 Å². The Hall–Kier alpha value is -1.85. The molecule has 0 amide bonds. The molecule has 4 nitrogen and oxygen atoms in total. The second kappa shape index (κ2) is 8.02. The van der Waals surface area contributed by atoms with E-state index in [-0.39, 0.29) is 13.1 Å². The molecule has 1 heterocycles. The van der Waals surface area contributed by atoms with E-state index in [1.165, 1.54) is 33.7 Å². The summed E-state index contributed by atoms with van der Waals surface area (Å²) >= 11 is 1.91. The van der Waals surface area contributed by atoms with Crippen LogP contribution in [0.5, 0.6) is 5.75 Å². The smallest absolute Gasteiger partial charge is 0.290 e. The molecule has 0 unspecified atom stereocenters. The minimum Gasteiger partial charge on any atom is -0.497 e. The van der Waals surface area contributed by atoms with Gasteiger partial charge in [0, 0.05) is 9.75 Å². The molecule has 0 radical (unpaired) electrons. The third kappa shape index (κ3) is 4.22. The Morgan fingerprint density at radius 2 is 2.04 bits per heavy atom. The van der Waals surface area contributed by atoms with Gasteiger partial charge in [0.15, 0.2) is 0 Å². The summed E-state index contributed by atoms with van der Waals surface area (Å²) in [7, 11) is 1.66. The number of ether oxygens (including phenoxy) is 1. The molecule has 0 fully saturated rings. The van der Waals surface area contributed by atoms with Gasteiger partial charge in [-0.3, -0.25) is 4.79 Å². The van der Waals surface area contributed by atoms with Crippen molar-refractivity contribution in [3.63, 3.8) is 0 Å². The van der Waals surface area contributed by atoms with Gasteiger partial charge in [0.25, 0.3) is 6.47 Å². The van der Waals surface area contributed by atoms with Crippen molar-refractivity contribution in [2.24, 2.45) is 5.41 Å². The second-order valence-electron chi connectivity index (χ2n) is 7.09. The molecule has 25 heavy (non-hydrogen) atoms. The Balaban J connectivity index is 0.000000701. The Morgan fingerprint density at radius 1 is 1.36 bits per heavy atom. The fraction of sp³-hybridized carbons (Fsp3) is 0.450. The molecule has 0 atom stereocenters. The number of aliphatic hydroxyl groups excluding tert-OH is 1. The van der Waals surface area contributed by atoms with Crippen molar-refractivity contribution >= 4 is 17.8 Å². The van der Waals surface area contributed by atoms with Crippen molar-refractivity contribution in [3.8, 4) is 16.2 Å². The van der Waals surface area contributed by atoms with E-state index in [9.17, 15) is 5.11 Å². The van der Waals surface area contributed by atoms with E-state index in [1.54, 1.807) is 7.11 Å². The highest BCUT2D eigenvalue weighted by Crippen LogP contribution is 2.45. The number of hydrogen-bond donors (Lipinski definition) is 2. The number of aliphatic hydroxyl groups is 1. The first-order chi connectivity index (χ1) is 11.9. The van der Waals surface area contributed by atoms with E-state index >= 15 is 0 Å². The summed E-state index contributed by atoms with van der Waals surface area (Å²) in [5.41, 5.74) is 5.43. The minimum absolute atomic E-state index is 0.0417. The van der Waals surface area contributed by atoms with Crippen molar-refractivity contribution in [1.29, 1.82) is 0 Å². The first-order valence-electron chi connectivity index (χ1n) is 8.34. The Labute approximate surface area is 153 Å². The molecule has 0 bridgehead atoms. The molecule has 1 aromatic heterocycles. The molecule has 0 aliphatic heterocycles. The summed E-state index contributed by atoms with van der Waals surface area (Å²) in [5.74, 6) is 0.799. The fourth-order valence-electron chi connectivity index (χ4n) is 3.37. The van der Waals surface area contributed by atoms with Gasteiger partial charge in [-0.2, -0.15) is 0 Å². The molecule has 1 aromatic carbocycles. The zero-order chi connectivity index (χ0) is 18.6. The van der Waals surface area contributed by atoms with Gasteiger partial charge >= 0.3 is 0 Å². The number of aryl methyl sites for hydroxylation is 1. The van der Waals surface area contributed by atoms with Crippen molar-refractivity contribution < 1.29 is 19.7 Å². The first-order valence-corrected chi connectivity index (χ1v) is 9.15. The summed E-state index contributed by atoms with van der Waals surface area (Å²) in [4.78, 5) is 11.2. The molecule has 2 aromatic rings. The molecule has 0 saturated heterocycles. The van der Waals surface area contributed by atoms with Crippen molar-refractivity contribution in [3.05, 3.63) is 39.8 Å². The zero-order valence-corrected chi connectivity index (χ0v) is 16.1. The number of benzene rings is 1. The molecule has 136 valence electrons. The number of fused-ring (bicyclic) bond motifs is 1. The molecule has 0 saturated carbocycles. The van der Waals surface area contributed by atoms with Gasteiger partial charge < -0.3 is 14.9 Å². The van der Waals surface area contributed by atoms with Crippen molar-refractivity contribution in [2.45, 2.75) is 46.6 Å². The lowest BCUT2D eigenvalue weighted by molar-refractivity contribution is -0.122. The Bertz CT molecular complexity index is 746. The maximum absolute atomic E-state index is 9.73. The summed E-state index contributed by atoms with van der Waals surface area (Å²) in [5, 5.41) is 16.6. The number of rotatable bonds is 3. The van der Waals surface area contributed by atoms with Crippen LogP contribution in [0.25, 0.3) is 10.4 Å². The molecule has 5 heteroatoms. The van der Waals surface area contributed by atoms with E-state index in [0.717, 1.165) is 23.3 Å². The number of methoxy groups -OCH3 is 1. The normalized spacial score (nSPS) is 14.9. The third-order valence-electron chi connectivity index (χ3n) is 4.77. The third-order valence-corrected chi connectivity index (χ3v) is 6.19. The minimum atomic E-state index is -0.250. The van der Waals surface area contributed by atoms with Gasteiger partial charge in [0.2, 0.25) is 0 Å². The second-order valence-corrected chi connectivity index (χ2v) is 8.19. The lowest BCUT2D eigenvalue weighted by Crippen LogP contribution is -2.21. The first kappa shape index (κ1) is 19.5. The van der Waals surface area contributed by atoms with Crippen LogP contribution in [-0.4, -0.2) is 23.8 Å². The maximum Gasteiger partial charge on any atom is 0.290 e. The number of thiophene rings is 1. The summed E-state index contributed by atoms with van der Waals surface area (Å²) in [6.45, 7) is 6.75. The highest BCUT2D eigenvalue weighted by molar-refractivity contribution is 7.16. The van der Waals surface area contributed by atoms with Gasteiger partial charge in [-0.25, -0.2) is 0 Å². The average Bonchev–Trinajstić information content (AvgIpc) is 2.90. The van der Waals surface area contributed by atoms with Gasteiger partial charge in [0.05, 0.1) is 13.7 Å². The standard InChI is InChI=1S/C19H24O2S.CH2O2/c1-12-16-10-19(2,3)8-7-17(16)22-18(12)15-6-5-14(21-4)9-13(15)11-20;2-1-3/h5-6,9,20H,7-8,10-11H2,1-4H3;1H,(H,2,3). The van der Waals surface area contributed by atoms with Gasteiger partial charge in [-0.05, 0) is 72.1 Å². The molecule has 1 aliphatic carbocycles. The SMILES string of the molecule is COc1ccc(-c2sc3c(c2C)CC(C)(C)CC3)c(CO)c1.O=CO. The Kier molecular flexibility index (Phi) is 6.25.